The van der Waals surface area contributed by atoms with Gasteiger partial charge in [-0.25, -0.2) is 5.43 Å². The zero-order valence-corrected chi connectivity index (χ0v) is 18.1. The molecule has 2 N–H and O–H groups in total. The molecule has 1 aromatic carbocycles. The molecule has 0 saturated carbocycles. The molecule has 148 valence electrons. The highest BCUT2D eigenvalue weighted by Gasteiger charge is 2.29. The topological polar surface area (TPSA) is 83.7 Å². The van der Waals surface area contributed by atoms with E-state index < -0.39 is 0 Å². The maximum atomic E-state index is 12.6. The lowest BCUT2D eigenvalue weighted by molar-refractivity contribution is 0.0887. The maximum Gasteiger partial charge on any atom is 0.287 e. The summed E-state index contributed by atoms with van der Waals surface area (Å²) in [5, 5.41) is 7.28. The Bertz CT molecular complexity index is 937. The number of amides is 2. The molecule has 2 aromatic rings. The summed E-state index contributed by atoms with van der Waals surface area (Å²) in [4.78, 5) is 24.9. The molecule has 0 spiro atoms. The highest BCUT2D eigenvalue weighted by molar-refractivity contribution is 9.10. The number of hydrogen-bond donors (Lipinski definition) is 2. The molecule has 2 amide bonds. The van der Waals surface area contributed by atoms with Crippen LogP contribution >= 0.6 is 15.9 Å². The zero-order chi connectivity index (χ0) is 20.5. The third-order valence-corrected chi connectivity index (χ3v) is 4.95. The van der Waals surface area contributed by atoms with Gasteiger partial charge in [-0.05, 0) is 64.8 Å². The van der Waals surface area contributed by atoms with Crippen molar-refractivity contribution in [3.63, 3.8) is 0 Å². The Balaban J connectivity index is 1.84. The molecule has 0 fully saturated rings. The van der Waals surface area contributed by atoms with E-state index >= 15 is 0 Å². The van der Waals surface area contributed by atoms with Gasteiger partial charge in [-0.2, -0.15) is 5.10 Å². The first kappa shape index (κ1) is 20.3. The first-order valence-electron chi connectivity index (χ1n) is 9.23. The second-order valence-corrected chi connectivity index (χ2v) is 8.83. The number of rotatable bonds is 3. The molecule has 3 rings (SSSR count). The standard InChI is InChI=1S/C21H24BrN3O3/c1-12-17-15(24-25-19(26)13-8-10-14(22)11-9-13)6-5-7-16(17)28-18(12)20(27)23-21(2,3)4/h8-11H,5-7H2,1-4H3,(H,23,27)(H,25,26)/b24-15+. The van der Waals surface area contributed by atoms with Crippen molar-refractivity contribution in [2.45, 2.75) is 52.5 Å². The molecule has 0 aliphatic heterocycles. The molecule has 0 atom stereocenters. The van der Waals surface area contributed by atoms with Gasteiger partial charge in [0.1, 0.15) is 5.76 Å². The molecule has 1 aliphatic rings. The summed E-state index contributed by atoms with van der Waals surface area (Å²) in [6.07, 6.45) is 2.32. The van der Waals surface area contributed by atoms with Crippen molar-refractivity contribution in [3.8, 4) is 0 Å². The van der Waals surface area contributed by atoms with E-state index in [0.717, 1.165) is 39.9 Å². The van der Waals surface area contributed by atoms with Gasteiger partial charge in [-0.3, -0.25) is 9.59 Å². The fraction of sp³-hybridized carbons (Fsp3) is 0.381. The number of benzene rings is 1. The van der Waals surface area contributed by atoms with Gasteiger partial charge < -0.3 is 9.73 Å². The monoisotopic (exact) mass is 445 g/mol. The van der Waals surface area contributed by atoms with Crippen LogP contribution in [0.15, 0.2) is 38.3 Å². The number of aryl methyl sites for hydroxylation is 1. The molecule has 0 saturated heterocycles. The average Bonchev–Trinajstić information content (AvgIpc) is 2.96. The van der Waals surface area contributed by atoms with Crippen LogP contribution in [0.3, 0.4) is 0 Å². The number of furan rings is 1. The van der Waals surface area contributed by atoms with Crippen LogP contribution in [0.1, 0.15) is 71.4 Å². The number of fused-ring (bicyclic) bond motifs is 1. The van der Waals surface area contributed by atoms with Crippen molar-refractivity contribution in [3.05, 3.63) is 56.9 Å². The summed E-state index contributed by atoms with van der Waals surface area (Å²) >= 11 is 3.35. The van der Waals surface area contributed by atoms with E-state index in [4.69, 9.17) is 4.42 Å². The second kappa shape index (κ2) is 7.91. The highest BCUT2D eigenvalue weighted by Crippen LogP contribution is 2.30. The Morgan fingerprint density at radius 2 is 1.79 bits per heavy atom. The molecule has 6 nitrogen and oxygen atoms in total. The number of carbonyl (C=O) groups excluding carboxylic acids is 2. The quantitative estimate of drug-likeness (QED) is 0.688. The van der Waals surface area contributed by atoms with Gasteiger partial charge in [-0.15, -0.1) is 0 Å². The Morgan fingerprint density at radius 3 is 2.43 bits per heavy atom. The Morgan fingerprint density at radius 1 is 1.11 bits per heavy atom. The van der Waals surface area contributed by atoms with Crippen LogP contribution in [0, 0.1) is 6.92 Å². The van der Waals surface area contributed by atoms with Crippen molar-refractivity contribution in [1.29, 1.82) is 0 Å². The normalized spacial score (nSPS) is 15.2. The Labute approximate surface area is 172 Å². The minimum absolute atomic E-state index is 0.238. The first-order valence-corrected chi connectivity index (χ1v) is 10.0. The lowest BCUT2D eigenvalue weighted by Crippen LogP contribution is -2.40. The molecule has 28 heavy (non-hydrogen) atoms. The van der Waals surface area contributed by atoms with Crippen LogP contribution in [0.2, 0.25) is 0 Å². The molecule has 0 unspecified atom stereocenters. The van der Waals surface area contributed by atoms with Gasteiger partial charge in [0, 0.05) is 33.1 Å². The molecule has 1 aromatic heterocycles. The fourth-order valence-corrected chi connectivity index (χ4v) is 3.44. The predicted octanol–water partition coefficient (Wildman–Crippen LogP) is 4.35. The summed E-state index contributed by atoms with van der Waals surface area (Å²) in [5.74, 6) is 0.546. The number of halogens is 1. The largest absolute Gasteiger partial charge is 0.455 e. The second-order valence-electron chi connectivity index (χ2n) is 7.92. The van der Waals surface area contributed by atoms with Crippen LogP contribution < -0.4 is 10.7 Å². The van der Waals surface area contributed by atoms with Crippen LogP contribution in [0.25, 0.3) is 0 Å². The third-order valence-electron chi connectivity index (χ3n) is 4.42. The highest BCUT2D eigenvalue weighted by atomic mass is 79.9. The number of hydrazone groups is 1. The number of nitrogens with one attached hydrogen (secondary N) is 2. The summed E-state index contributed by atoms with van der Waals surface area (Å²) in [5.41, 5.74) is 5.13. The summed E-state index contributed by atoms with van der Waals surface area (Å²) in [7, 11) is 0. The van der Waals surface area contributed by atoms with Crippen LogP contribution in [0.5, 0.6) is 0 Å². The van der Waals surface area contributed by atoms with Gasteiger partial charge in [0.05, 0.1) is 5.71 Å². The Hall–Kier alpha value is -2.41. The molecule has 0 radical (unpaired) electrons. The van der Waals surface area contributed by atoms with Crippen molar-refractivity contribution < 1.29 is 14.0 Å². The first-order chi connectivity index (χ1) is 13.2. The van der Waals surface area contributed by atoms with E-state index in [-0.39, 0.29) is 17.4 Å². The molecular weight excluding hydrogens is 422 g/mol. The summed E-state index contributed by atoms with van der Waals surface area (Å²) in [6, 6.07) is 7.07. The predicted molar refractivity (Wildman–Crippen MR) is 112 cm³/mol. The van der Waals surface area contributed by atoms with Crippen molar-refractivity contribution in [1.82, 2.24) is 10.7 Å². The molecule has 0 bridgehead atoms. The number of hydrogen-bond acceptors (Lipinski definition) is 4. The maximum absolute atomic E-state index is 12.6. The third kappa shape index (κ3) is 4.52. The number of carbonyl (C=O) groups is 2. The lowest BCUT2D eigenvalue weighted by atomic mass is 9.93. The van der Waals surface area contributed by atoms with Gasteiger partial charge in [-0.1, -0.05) is 15.9 Å². The molecule has 1 aliphatic carbocycles. The lowest BCUT2D eigenvalue weighted by Gasteiger charge is -2.19. The van der Waals surface area contributed by atoms with E-state index in [2.05, 4.69) is 31.8 Å². The number of nitrogens with zero attached hydrogens (tertiary/aromatic N) is 1. The van der Waals surface area contributed by atoms with Gasteiger partial charge in [0.2, 0.25) is 0 Å². The van der Waals surface area contributed by atoms with E-state index in [1.54, 1.807) is 24.3 Å². The van der Waals surface area contributed by atoms with Crippen molar-refractivity contribution in [2.75, 3.05) is 0 Å². The van der Waals surface area contributed by atoms with E-state index in [1.165, 1.54) is 0 Å². The smallest absolute Gasteiger partial charge is 0.287 e. The molecule has 7 heteroatoms. The van der Waals surface area contributed by atoms with Gasteiger partial charge >= 0.3 is 0 Å². The van der Waals surface area contributed by atoms with Gasteiger partial charge in [0.25, 0.3) is 11.8 Å². The SMILES string of the molecule is Cc1c(C(=O)NC(C)(C)C)oc2c1/C(=N/NC(=O)c1ccc(Br)cc1)CCC2. The Kier molecular flexibility index (Phi) is 5.74. The molecule has 1 heterocycles. The van der Waals surface area contributed by atoms with E-state index in [0.29, 0.717) is 17.7 Å². The minimum Gasteiger partial charge on any atom is -0.455 e. The van der Waals surface area contributed by atoms with Crippen molar-refractivity contribution >= 4 is 33.5 Å². The van der Waals surface area contributed by atoms with Crippen LogP contribution in [-0.4, -0.2) is 23.1 Å². The molecular formula is C21H24BrN3O3. The van der Waals surface area contributed by atoms with Crippen LogP contribution in [-0.2, 0) is 6.42 Å². The minimum atomic E-state index is -0.355. The zero-order valence-electron chi connectivity index (χ0n) is 16.5. The van der Waals surface area contributed by atoms with E-state index in [1.807, 2.05) is 27.7 Å². The van der Waals surface area contributed by atoms with Crippen molar-refractivity contribution in [2.24, 2.45) is 5.10 Å². The average molecular weight is 446 g/mol. The van der Waals surface area contributed by atoms with Gasteiger partial charge in [0.15, 0.2) is 5.76 Å². The summed E-state index contributed by atoms with van der Waals surface area (Å²) < 4.78 is 6.77. The summed E-state index contributed by atoms with van der Waals surface area (Å²) in [6.45, 7) is 7.63. The van der Waals surface area contributed by atoms with E-state index in [9.17, 15) is 9.59 Å². The van der Waals surface area contributed by atoms with Crippen LogP contribution in [0.4, 0.5) is 0 Å². The fourth-order valence-electron chi connectivity index (χ4n) is 3.18.